The number of rotatable bonds is 7. The Kier molecular flexibility index (Phi) is 7.83. The molecular formula is C22H23Cl2N5O6S2. The predicted octanol–water partition coefficient (Wildman–Crippen LogP) is 3.11. The number of nitrogens with zero attached hydrogens (tertiary/aromatic N) is 3. The molecule has 1 fully saturated rings. The Morgan fingerprint density at radius 3 is 2.27 bits per heavy atom. The highest BCUT2D eigenvalue weighted by molar-refractivity contribution is 7.93. The van der Waals surface area contributed by atoms with Crippen LogP contribution in [0.2, 0.25) is 10.2 Å². The maximum atomic E-state index is 13.1. The lowest BCUT2D eigenvalue weighted by Crippen LogP contribution is -2.40. The Labute approximate surface area is 224 Å². The van der Waals surface area contributed by atoms with E-state index in [2.05, 4.69) is 15.1 Å². The molecule has 11 nitrogen and oxygen atoms in total. The van der Waals surface area contributed by atoms with Gasteiger partial charge in [-0.1, -0.05) is 23.2 Å². The van der Waals surface area contributed by atoms with E-state index in [4.69, 9.17) is 27.9 Å². The summed E-state index contributed by atoms with van der Waals surface area (Å²) in [7, 11) is -6.38. The number of amides is 1. The number of ether oxygens (including phenoxy) is 1. The van der Waals surface area contributed by atoms with Gasteiger partial charge in [0.15, 0.2) is 0 Å². The Morgan fingerprint density at radius 1 is 1.03 bits per heavy atom. The van der Waals surface area contributed by atoms with Crippen molar-refractivity contribution in [1.29, 1.82) is 0 Å². The summed E-state index contributed by atoms with van der Waals surface area (Å²) in [6.45, 7) is 2.67. The molecule has 1 aromatic heterocycles. The third-order valence-electron chi connectivity index (χ3n) is 5.56. The number of nitrogens with one attached hydrogen (secondary N) is 2. The van der Waals surface area contributed by atoms with Crippen molar-refractivity contribution in [3.05, 3.63) is 63.9 Å². The zero-order valence-electron chi connectivity index (χ0n) is 19.7. The monoisotopic (exact) mass is 587 g/mol. The van der Waals surface area contributed by atoms with Crippen molar-refractivity contribution < 1.29 is 26.4 Å². The number of morpholine rings is 1. The predicted molar refractivity (Wildman–Crippen MR) is 139 cm³/mol. The minimum absolute atomic E-state index is 0.0345. The van der Waals surface area contributed by atoms with Gasteiger partial charge in [0.1, 0.15) is 10.0 Å². The highest BCUT2D eigenvalue weighted by Crippen LogP contribution is 2.29. The van der Waals surface area contributed by atoms with E-state index >= 15 is 0 Å². The molecule has 2 N–H and O–H groups in total. The fourth-order valence-corrected chi connectivity index (χ4v) is 7.16. The van der Waals surface area contributed by atoms with Crippen LogP contribution in [0.3, 0.4) is 0 Å². The van der Waals surface area contributed by atoms with Crippen LogP contribution in [0.15, 0.2) is 52.3 Å². The molecule has 0 unspecified atom stereocenters. The van der Waals surface area contributed by atoms with Crippen LogP contribution in [0.4, 0.5) is 11.4 Å². The van der Waals surface area contributed by atoms with Gasteiger partial charge in [0.2, 0.25) is 10.0 Å². The maximum Gasteiger partial charge on any atom is 0.266 e. The molecule has 15 heteroatoms. The molecule has 2 heterocycles. The summed E-state index contributed by atoms with van der Waals surface area (Å²) in [5.74, 6) is -0.669. The number of hydrogen-bond donors (Lipinski definition) is 2. The van der Waals surface area contributed by atoms with E-state index in [1.165, 1.54) is 65.4 Å². The first-order valence-corrected chi connectivity index (χ1v) is 14.6. The summed E-state index contributed by atoms with van der Waals surface area (Å²) in [5, 5.41) is 6.76. The van der Waals surface area contributed by atoms with Crippen LogP contribution in [0, 0.1) is 6.92 Å². The number of halogens is 2. The molecule has 0 spiro atoms. The average Bonchev–Trinajstić information content (AvgIpc) is 3.12. The van der Waals surface area contributed by atoms with E-state index in [0.29, 0.717) is 18.9 Å². The summed E-state index contributed by atoms with van der Waals surface area (Å²) in [6.07, 6.45) is 0. The van der Waals surface area contributed by atoms with E-state index in [9.17, 15) is 21.6 Å². The number of aromatic nitrogens is 2. The largest absolute Gasteiger partial charge is 0.379 e. The van der Waals surface area contributed by atoms with Gasteiger partial charge in [0.25, 0.3) is 15.9 Å². The summed E-state index contributed by atoms with van der Waals surface area (Å²) >= 11 is 12.2. The molecule has 1 saturated heterocycles. The molecule has 2 aromatic carbocycles. The Morgan fingerprint density at radius 2 is 1.68 bits per heavy atom. The number of aryl methyl sites for hydroxylation is 2. The van der Waals surface area contributed by atoms with E-state index in [1.54, 1.807) is 0 Å². The molecule has 0 bridgehead atoms. The van der Waals surface area contributed by atoms with Crippen molar-refractivity contribution in [2.24, 2.45) is 7.05 Å². The van der Waals surface area contributed by atoms with Gasteiger partial charge in [0.05, 0.1) is 35.1 Å². The zero-order chi connectivity index (χ0) is 27.0. The van der Waals surface area contributed by atoms with Crippen LogP contribution in [-0.2, 0) is 31.8 Å². The first kappa shape index (κ1) is 27.4. The summed E-state index contributed by atoms with van der Waals surface area (Å²) in [5.41, 5.74) is 0.393. The van der Waals surface area contributed by atoms with Crippen LogP contribution in [-0.4, -0.2) is 63.1 Å². The zero-order valence-corrected chi connectivity index (χ0v) is 22.9. The van der Waals surface area contributed by atoms with E-state index in [1.807, 2.05) is 0 Å². The van der Waals surface area contributed by atoms with Gasteiger partial charge in [0, 0.05) is 30.8 Å². The van der Waals surface area contributed by atoms with Crippen molar-refractivity contribution >= 4 is 60.5 Å². The third-order valence-corrected chi connectivity index (χ3v) is 9.77. The Balaban J connectivity index is 1.57. The van der Waals surface area contributed by atoms with Gasteiger partial charge < -0.3 is 10.1 Å². The van der Waals surface area contributed by atoms with E-state index in [-0.39, 0.29) is 50.0 Å². The average molecular weight is 588 g/mol. The lowest BCUT2D eigenvalue weighted by Gasteiger charge is -2.26. The van der Waals surface area contributed by atoms with Crippen LogP contribution in [0.5, 0.6) is 0 Å². The van der Waals surface area contributed by atoms with Gasteiger partial charge in [-0.05, 0) is 49.4 Å². The number of carbonyl (C=O) groups is 1. The van der Waals surface area contributed by atoms with Crippen molar-refractivity contribution in [1.82, 2.24) is 14.1 Å². The highest BCUT2D eigenvalue weighted by atomic mass is 35.5. The number of sulfonamides is 2. The molecule has 0 aliphatic carbocycles. The van der Waals surface area contributed by atoms with Gasteiger partial charge in [-0.2, -0.15) is 9.40 Å². The third kappa shape index (κ3) is 5.76. The number of benzene rings is 2. The van der Waals surface area contributed by atoms with Gasteiger partial charge in [-0.15, -0.1) is 0 Å². The fraction of sp³-hybridized carbons (Fsp3) is 0.273. The first-order valence-electron chi connectivity index (χ1n) is 10.9. The van der Waals surface area contributed by atoms with Gasteiger partial charge in [-0.25, -0.2) is 16.8 Å². The second-order valence-corrected chi connectivity index (χ2v) is 12.5. The molecule has 0 atom stereocenters. The molecule has 4 rings (SSSR count). The highest BCUT2D eigenvalue weighted by Gasteiger charge is 2.28. The summed E-state index contributed by atoms with van der Waals surface area (Å²) < 4.78 is 61.9. The first-order chi connectivity index (χ1) is 17.4. The smallest absolute Gasteiger partial charge is 0.266 e. The van der Waals surface area contributed by atoms with E-state index in [0.717, 1.165) is 0 Å². The Bertz CT molecular complexity index is 1550. The fourth-order valence-electron chi connectivity index (χ4n) is 3.75. The lowest BCUT2D eigenvalue weighted by molar-refractivity contribution is 0.0730. The molecule has 37 heavy (non-hydrogen) atoms. The quantitative estimate of drug-likeness (QED) is 0.432. The van der Waals surface area contributed by atoms with Crippen LogP contribution >= 0.6 is 23.2 Å². The molecule has 0 saturated carbocycles. The summed E-state index contributed by atoms with van der Waals surface area (Å²) in [4.78, 5) is 13.0. The second kappa shape index (κ2) is 10.6. The van der Waals surface area contributed by atoms with Crippen molar-refractivity contribution in [3.8, 4) is 0 Å². The minimum Gasteiger partial charge on any atom is -0.379 e. The standard InChI is InChI=1S/C22H23Cl2N5O6S2/c1-14-20(21(24)28(2)26-14)36(31,32)27-19-8-3-15(23)13-18(19)22(30)25-16-4-6-17(7-5-16)37(33,34)29-9-11-35-12-10-29/h3-8,13,27H,9-12H2,1-2H3,(H,25,30). The molecule has 0 radical (unpaired) electrons. The van der Waals surface area contributed by atoms with Crippen molar-refractivity contribution in [2.45, 2.75) is 16.7 Å². The van der Waals surface area contributed by atoms with Crippen molar-refractivity contribution in [2.75, 3.05) is 36.3 Å². The molecule has 198 valence electrons. The molecular weight excluding hydrogens is 565 g/mol. The number of hydrogen-bond acceptors (Lipinski definition) is 7. The maximum absolute atomic E-state index is 13.1. The summed E-state index contributed by atoms with van der Waals surface area (Å²) in [6, 6.07) is 9.75. The van der Waals surface area contributed by atoms with E-state index < -0.39 is 26.0 Å². The molecule has 3 aromatic rings. The normalized spacial score (nSPS) is 14.9. The van der Waals surface area contributed by atoms with Crippen LogP contribution < -0.4 is 10.0 Å². The number of anilines is 2. The van der Waals surface area contributed by atoms with Crippen molar-refractivity contribution in [3.63, 3.8) is 0 Å². The molecule has 1 amide bonds. The topological polar surface area (TPSA) is 140 Å². The lowest BCUT2D eigenvalue weighted by atomic mass is 10.1. The second-order valence-electron chi connectivity index (χ2n) is 8.12. The number of carbonyl (C=O) groups excluding carboxylic acids is 1. The molecule has 1 aliphatic heterocycles. The van der Waals surface area contributed by atoms with Gasteiger partial charge in [-0.3, -0.25) is 14.2 Å². The SMILES string of the molecule is Cc1nn(C)c(Cl)c1S(=O)(=O)Nc1ccc(Cl)cc1C(=O)Nc1ccc(S(=O)(=O)N2CCOCC2)cc1. The van der Waals surface area contributed by atoms with Crippen LogP contribution in [0.25, 0.3) is 0 Å². The minimum atomic E-state index is -4.20. The van der Waals surface area contributed by atoms with Crippen LogP contribution in [0.1, 0.15) is 16.1 Å². The Hall–Kier alpha value is -2.68. The van der Waals surface area contributed by atoms with Gasteiger partial charge >= 0.3 is 0 Å². The molecule has 1 aliphatic rings.